The number of rotatable bonds is 5. The van der Waals surface area contributed by atoms with Crippen molar-refractivity contribution >= 4 is 11.7 Å². The Morgan fingerprint density at radius 3 is 3.00 bits per heavy atom. The van der Waals surface area contributed by atoms with Gasteiger partial charge in [-0.25, -0.2) is 4.98 Å². The summed E-state index contributed by atoms with van der Waals surface area (Å²) in [6.07, 6.45) is 3.00. The fourth-order valence-electron chi connectivity index (χ4n) is 1.46. The van der Waals surface area contributed by atoms with Crippen molar-refractivity contribution in [2.24, 2.45) is 16.8 Å². The number of nitrogens with two attached hydrogens (primary N) is 1. The molecular weight excluding hydrogens is 222 g/mol. The summed E-state index contributed by atoms with van der Waals surface area (Å²) in [6, 6.07) is 0. The van der Waals surface area contributed by atoms with Gasteiger partial charge >= 0.3 is 0 Å². The monoisotopic (exact) mass is 239 g/mol. The van der Waals surface area contributed by atoms with Crippen molar-refractivity contribution in [3.8, 4) is 0 Å². The predicted molar refractivity (Wildman–Crippen MR) is 65.3 cm³/mol. The normalized spacial score (nSPS) is 13.4. The Hall–Kier alpha value is -2.05. The molecule has 7 nitrogen and oxygen atoms in total. The van der Waals surface area contributed by atoms with Crippen molar-refractivity contribution in [3.63, 3.8) is 0 Å². The first-order chi connectivity index (χ1) is 8.10. The lowest BCUT2D eigenvalue weighted by Gasteiger charge is -2.23. The molecule has 0 spiro atoms. The highest BCUT2D eigenvalue weighted by Gasteiger charge is 2.16. The van der Waals surface area contributed by atoms with Gasteiger partial charge in [0.25, 0.3) is 5.56 Å². The molecule has 4 N–H and O–H groups in total. The first-order valence-electron chi connectivity index (χ1n) is 5.36. The number of aromatic nitrogens is 2. The number of H-pyrrole nitrogens is 1. The van der Waals surface area contributed by atoms with Gasteiger partial charge in [-0.2, -0.15) is 0 Å². The lowest BCUT2D eigenvalue weighted by atomic mass is 10.1. The Morgan fingerprint density at radius 1 is 1.76 bits per heavy atom. The van der Waals surface area contributed by atoms with E-state index in [0.717, 1.165) is 0 Å². The van der Waals surface area contributed by atoms with Gasteiger partial charge in [0.2, 0.25) is 0 Å². The number of hydrogen-bond acceptors (Lipinski definition) is 5. The highest BCUT2D eigenvalue weighted by Crippen LogP contribution is 2.06. The van der Waals surface area contributed by atoms with Crippen LogP contribution in [-0.4, -0.2) is 34.1 Å². The minimum Gasteiger partial charge on any atom is -0.409 e. The zero-order valence-electron chi connectivity index (χ0n) is 9.92. The SMILES string of the molecule is CCN(CC(C)/C(N)=N/O)c1ncc[nH]c1=O. The number of oxime groups is 1. The van der Waals surface area contributed by atoms with E-state index in [-0.39, 0.29) is 17.3 Å². The van der Waals surface area contributed by atoms with Gasteiger partial charge in [-0.1, -0.05) is 12.1 Å². The van der Waals surface area contributed by atoms with E-state index in [0.29, 0.717) is 18.9 Å². The van der Waals surface area contributed by atoms with Gasteiger partial charge in [0, 0.05) is 31.4 Å². The first-order valence-corrected chi connectivity index (χ1v) is 5.36. The molecule has 0 aromatic carbocycles. The van der Waals surface area contributed by atoms with Crippen LogP contribution in [0.5, 0.6) is 0 Å². The summed E-state index contributed by atoms with van der Waals surface area (Å²) in [4.78, 5) is 19.9. The maximum absolute atomic E-state index is 11.6. The van der Waals surface area contributed by atoms with E-state index >= 15 is 0 Å². The third-order valence-electron chi connectivity index (χ3n) is 2.48. The van der Waals surface area contributed by atoms with Crippen LogP contribution in [0.3, 0.4) is 0 Å². The van der Waals surface area contributed by atoms with Crippen molar-refractivity contribution in [2.45, 2.75) is 13.8 Å². The van der Waals surface area contributed by atoms with Gasteiger partial charge in [-0.05, 0) is 6.92 Å². The van der Waals surface area contributed by atoms with Crippen LogP contribution in [0.2, 0.25) is 0 Å². The van der Waals surface area contributed by atoms with Gasteiger partial charge in [0.15, 0.2) is 5.82 Å². The van der Waals surface area contributed by atoms with Crippen LogP contribution >= 0.6 is 0 Å². The molecule has 0 aliphatic carbocycles. The minimum atomic E-state index is -0.249. The van der Waals surface area contributed by atoms with E-state index in [4.69, 9.17) is 10.9 Å². The van der Waals surface area contributed by atoms with Gasteiger partial charge < -0.3 is 20.8 Å². The Kier molecular flexibility index (Phi) is 4.50. The molecule has 7 heteroatoms. The summed E-state index contributed by atoms with van der Waals surface area (Å²) in [5.41, 5.74) is 5.25. The number of hydrogen-bond donors (Lipinski definition) is 3. The summed E-state index contributed by atoms with van der Waals surface area (Å²) in [5.74, 6) is 0.310. The maximum atomic E-state index is 11.6. The van der Waals surface area contributed by atoms with E-state index in [1.54, 1.807) is 4.90 Å². The molecule has 0 saturated heterocycles. The highest BCUT2D eigenvalue weighted by atomic mass is 16.4. The standard InChI is InChI=1S/C10H17N5O2/c1-3-15(6-7(2)8(11)14-17)9-10(16)13-5-4-12-9/h4-5,7,17H,3,6H2,1-2H3,(H2,11,14)(H,13,16). The molecule has 1 unspecified atom stereocenters. The number of amidine groups is 1. The second-order valence-electron chi connectivity index (χ2n) is 3.71. The van der Waals surface area contributed by atoms with Crippen molar-refractivity contribution < 1.29 is 5.21 Å². The Bertz CT molecular complexity index is 442. The smallest absolute Gasteiger partial charge is 0.290 e. The molecular formula is C10H17N5O2. The molecule has 1 aromatic rings. The van der Waals surface area contributed by atoms with Crippen LogP contribution in [0, 0.1) is 5.92 Å². The van der Waals surface area contributed by atoms with Crippen LogP contribution in [0.4, 0.5) is 5.82 Å². The molecule has 0 bridgehead atoms. The van der Waals surface area contributed by atoms with Crippen LogP contribution in [0.25, 0.3) is 0 Å². The second-order valence-corrected chi connectivity index (χ2v) is 3.71. The van der Waals surface area contributed by atoms with E-state index in [9.17, 15) is 4.79 Å². The van der Waals surface area contributed by atoms with E-state index in [2.05, 4.69) is 15.1 Å². The van der Waals surface area contributed by atoms with Gasteiger partial charge in [-0.15, -0.1) is 0 Å². The molecule has 1 heterocycles. The fourth-order valence-corrected chi connectivity index (χ4v) is 1.46. The average molecular weight is 239 g/mol. The molecule has 0 amide bonds. The first kappa shape index (κ1) is 13.0. The highest BCUT2D eigenvalue weighted by molar-refractivity contribution is 5.82. The zero-order chi connectivity index (χ0) is 12.8. The number of nitrogens with zero attached hydrogens (tertiary/aromatic N) is 3. The molecule has 1 atom stereocenters. The van der Waals surface area contributed by atoms with Gasteiger partial charge in [-0.3, -0.25) is 4.79 Å². The summed E-state index contributed by atoms with van der Waals surface area (Å²) < 4.78 is 0. The Balaban J connectivity index is 2.87. The molecule has 94 valence electrons. The van der Waals surface area contributed by atoms with Crippen molar-refractivity contribution in [3.05, 3.63) is 22.7 Å². The van der Waals surface area contributed by atoms with Crippen LogP contribution in [0.1, 0.15) is 13.8 Å². The quantitative estimate of drug-likeness (QED) is 0.289. The second kappa shape index (κ2) is 5.88. The van der Waals surface area contributed by atoms with Gasteiger partial charge in [0.05, 0.1) is 0 Å². The van der Waals surface area contributed by atoms with Crippen LogP contribution in [-0.2, 0) is 0 Å². The number of aromatic amines is 1. The van der Waals surface area contributed by atoms with Crippen molar-refractivity contribution in [2.75, 3.05) is 18.0 Å². The maximum Gasteiger partial charge on any atom is 0.290 e. The Labute approximate surface area is 99.0 Å². The number of anilines is 1. The van der Waals surface area contributed by atoms with Crippen LogP contribution in [0.15, 0.2) is 22.3 Å². The van der Waals surface area contributed by atoms with E-state index in [1.807, 2.05) is 13.8 Å². The largest absolute Gasteiger partial charge is 0.409 e. The molecule has 0 aliphatic heterocycles. The lowest BCUT2D eigenvalue weighted by molar-refractivity contribution is 0.314. The molecule has 1 aromatic heterocycles. The third kappa shape index (κ3) is 3.20. The molecule has 1 rings (SSSR count). The summed E-state index contributed by atoms with van der Waals surface area (Å²) in [5, 5.41) is 11.5. The minimum absolute atomic E-state index is 0.135. The summed E-state index contributed by atoms with van der Waals surface area (Å²) in [7, 11) is 0. The average Bonchev–Trinajstić information content (AvgIpc) is 2.35. The topological polar surface area (TPSA) is 108 Å². The Morgan fingerprint density at radius 2 is 2.47 bits per heavy atom. The van der Waals surface area contributed by atoms with Gasteiger partial charge in [0.1, 0.15) is 5.84 Å². The van der Waals surface area contributed by atoms with Crippen molar-refractivity contribution in [1.29, 1.82) is 0 Å². The molecule has 17 heavy (non-hydrogen) atoms. The predicted octanol–water partition coefficient (Wildman–Crippen LogP) is -0.0213. The fraction of sp³-hybridized carbons (Fsp3) is 0.500. The van der Waals surface area contributed by atoms with Crippen molar-refractivity contribution in [1.82, 2.24) is 9.97 Å². The molecule has 0 saturated carbocycles. The summed E-state index contributed by atoms with van der Waals surface area (Å²) >= 11 is 0. The molecule has 0 radical (unpaired) electrons. The molecule has 0 fully saturated rings. The number of nitrogens with one attached hydrogen (secondary N) is 1. The lowest BCUT2D eigenvalue weighted by Crippen LogP contribution is -2.38. The van der Waals surface area contributed by atoms with Crippen LogP contribution < -0.4 is 16.2 Å². The molecule has 0 aliphatic rings. The van der Waals surface area contributed by atoms with E-state index < -0.39 is 0 Å². The van der Waals surface area contributed by atoms with E-state index in [1.165, 1.54) is 12.4 Å². The summed E-state index contributed by atoms with van der Waals surface area (Å²) in [6.45, 7) is 4.80. The third-order valence-corrected chi connectivity index (χ3v) is 2.48. The zero-order valence-corrected chi connectivity index (χ0v) is 9.92.